The van der Waals surface area contributed by atoms with Gasteiger partial charge >= 0.3 is 6.18 Å². The number of alkyl halides is 3. The van der Waals surface area contributed by atoms with Crippen LogP contribution >= 0.6 is 0 Å². The molecule has 1 aliphatic rings. The summed E-state index contributed by atoms with van der Waals surface area (Å²) in [4.78, 5) is 4.80. The minimum Gasteiger partial charge on any atom is -0.598 e. The van der Waals surface area contributed by atoms with Crippen LogP contribution in [-0.2, 0) is 27.6 Å². The van der Waals surface area contributed by atoms with Crippen LogP contribution in [0.4, 0.5) is 13.2 Å². The summed E-state index contributed by atoms with van der Waals surface area (Å²) in [6.45, 7) is 14.2. The number of halogens is 3. The Morgan fingerprint density at radius 1 is 1.22 bits per heavy atom. The Morgan fingerprint density at radius 2 is 1.85 bits per heavy atom. The highest BCUT2D eigenvalue weighted by Gasteiger charge is 2.50. The maximum Gasteiger partial charge on any atom is 0.416 e. The third-order valence-electron chi connectivity index (χ3n) is 7.40. The van der Waals surface area contributed by atoms with Crippen molar-refractivity contribution in [1.82, 2.24) is 14.3 Å². The molecule has 1 heterocycles. The van der Waals surface area contributed by atoms with Crippen molar-refractivity contribution >= 4 is 30.5 Å². The maximum absolute atomic E-state index is 13.7. The van der Waals surface area contributed by atoms with E-state index in [1.165, 1.54) is 0 Å². The highest BCUT2D eigenvalue weighted by atomic mass is 32.2. The third kappa shape index (κ3) is 8.25. The van der Waals surface area contributed by atoms with Crippen molar-refractivity contribution < 1.29 is 27.2 Å². The SMILES string of the molecule is CC(C)(C)[S@@+]([O-])N[C@@H](COC(C)(C)C(F)(F)F)c1nc2cc([C@H](N)C3(C#N)CC3)ccc2n1COCC[Si](C)(C)C. The molecule has 41 heavy (non-hydrogen) atoms. The van der Waals surface area contributed by atoms with Gasteiger partial charge in [0.25, 0.3) is 0 Å². The number of nitrogens with two attached hydrogens (primary N) is 1. The number of ether oxygens (including phenoxy) is 2. The Labute approximate surface area is 245 Å². The number of imidazole rings is 1. The lowest BCUT2D eigenvalue weighted by Gasteiger charge is -2.32. The number of rotatable bonds is 13. The van der Waals surface area contributed by atoms with Gasteiger partial charge in [0, 0.05) is 32.1 Å². The van der Waals surface area contributed by atoms with Gasteiger partial charge in [0.15, 0.2) is 5.60 Å². The first-order valence-corrected chi connectivity index (χ1v) is 18.7. The first-order valence-electron chi connectivity index (χ1n) is 13.8. The fourth-order valence-electron chi connectivity index (χ4n) is 4.08. The summed E-state index contributed by atoms with van der Waals surface area (Å²) in [6.07, 6.45) is -3.15. The molecule has 230 valence electrons. The molecule has 0 spiro atoms. The molecule has 13 heteroatoms. The molecule has 0 saturated heterocycles. The van der Waals surface area contributed by atoms with Crippen LogP contribution in [0, 0.1) is 16.7 Å². The Bertz CT molecular complexity index is 1250. The molecule has 8 nitrogen and oxygen atoms in total. The second kappa shape index (κ2) is 12.1. The van der Waals surface area contributed by atoms with Gasteiger partial charge in [-0.25, -0.2) is 4.98 Å². The topological polar surface area (TPSA) is 121 Å². The molecule has 3 rings (SSSR count). The van der Waals surface area contributed by atoms with Crippen LogP contribution in [-0.4, -0.2) is 51.9 Å². The normalized spacial score (nSPS) is 18.2. The standard InChI is InChI=1S/C28H44F3N5O3SSi/c1-25(2,3)40(37)35-21(16-39-26(4,5)28(29,30)31)24-34-20-15-19(23(33)27(17-32)11-12-27)9-10-22(20)36(24)18-38-13-14-41(6,7)8/h9-10,15,21,23,35H,11-14,16,18,33H2,1-8H3/t21-,23-,40+/m0/s1. The summed E-state index contributed by atoms with van der Waals surface area (Å²) in [5.74, 6) is 0.343. The Morgan fingerprint density at radius 3 is 2.37 bits per heavy atom. The van der Waals surface area contributed by atoms with E-state index in [2.05, 4.69) is 30.4 Å². The number of hydrogen-bond donors (Lipinski definition) is 2. The zero-order valence-corrected chi connectivity index (χ0v) is 27.1. The lowest BCUT2D eigenvalue weighted by atomic mass is 9.92. The first kappa shape index (κ1) is 33.8. The van der Waals surface area contributed by atoms with Crippen LogP contribution in [0.2, 0.25) is 25.7 Å². The monoisotopic (exact) mass is 615 g/mol. The number of hydrogen-bond acceptors (Lipinski definition) is 7. The predicted octanol–water partition coefficient (Wildman–Crippen LogP) is 6.10. The van der Waals surface area contributed by atoms with E-state index in [1.807, 2.05) is 18.2 Å². The van der Waals surface area contributed by atoms with E-state index >= 15 is 0 Å². The van der Waals surface area contributed by atoms with Crippen LogP contribution in [0.15, 0.2) is 18.2 Å². The van der Waals surface area contributed by atoms with E-state index in [0.29, 0.717) is 23.5 Å². The molecule has 3 atom stereocenters. The Balaban J connectivity index is 2.05. The molecular weight excluding hydrogens is 571 g/mol. The van der Waals surface area contributed by atoms with E-state index in [4.69, 9.17) is 20.2 Å². The van der Waals surface area contributed by atoms with Gasteiger partial charge in [0.05, 0.1) is 29.1 Å². The van der Waals surface area contributed by atoms with Crippen molar-refractivity contribution in [3.63, 3.8) is 0 Å². The molecule has 0 radical (unpaired) electrons. The van der Waals surface area contributed by atoms with Crippen LogP contribution in [0.25, 0.3) is 11.0 Å². The summed E-state index contributed by atoms with van der Waals surface area (Å²) < 4.78 is 69.7. The second-order valence-corrected chi connectivity index (χ2v) is 21.2. The Kier molecular flexibility index (Phi) is 10.0. The van der Waals surface area contributed by atoms with Crippen molar-refractivity contribution in [2.45, 2.75) is 108 Å². The third-order valence-corrected chi connectivity index (χ3v) is 10.7. The van der Waals surface area contributed by atoms with E-state index in [-0.39, 0.29) is 6.73 Å². The molecule has 0 aliphatic heterocycles. The molecule has 1 aliphatic carbocycles. The minimum absolute atomic E-state index is 0.104. The van der Waals surface area contributed by atoms with Gasteiger partial charge in [-0.2, -0.15) is 18.4 Å². The van der Waals surface area contributed by atoms with E-state index in [0.717, 1.165) is 38.3 Å². The molecule has 1 saturated carbocycles. The summed E-state index contributed by atoms with van der Waals surface area (Å²) in [6, 6.07) is 7.35. The van der Waals surface area contributed by atoms with Crippen LogP contribution in [0.1, 0.15) is 70.9 Å². The molecule has 2 aromatic rings. The summed E-state index contributed by atoms with van der Waals surface area (Å²) in [7, 11) is -1.37. The lowest BCUT2D eigenvalue weighted by molar-refractivity contribution is -0.265. The zero-order chi connectivity index (χ0) is 31.0. The predicted molar refractivity (Wildman–Crippen MR) is 158 cm³/mol. The molecule has 0 unspecified atom stereocenters. The van der Waals surface area contributed by atoms with Crippen LogP contribution < -0.4 is 10.5 Å². The van der Waals surface area contributed by atoms with Gasteiger partial charge in [-0.1, -0.05) is 25.7 Å². The van der Waals surface area contributed by atoms with E-state index in [9.17, 15) is 23.0 Å². The number of nitriles is 1. The summed E-state index contributed by atoms with van der Waals surface area (Å²) in [5, 5.41) is 9.64. The fourth-order valence-corrected chi connectivity index (χ4v) is 5.62. The summed E-state index contributed by atoms with van der Waals surface area (Å²) in [5.41, 5.74) is 5.44. The van der Waals surface area contributed by atoms with Crippen molar-refractivity contribution in [3.8, 4) is 6.07 Å². The minimum atomic E-state index is -4.61. The molecule has 0 bridgehead atoms. The number of nitrogens with one attached hydrogen (secondary N) is 1. The number of benzene rings is 1. The smallest absolute Gasteiger partial charge is 0.416 e. The highest BCUT2D eigenvalue weighted by Crippen LogP contribution is 2.53. The average molecular weight is 616 g/mol. The van der Waals surface area contributed by atoms with E-state index < -0.39 is 60.1 Å². The second-order valence-electron chi connectivity index (χ2n) is 13.6. The van der Waals surface area contributed by atoms with Crippen LogP contribution in [0.5, 0.6) is 0 Å². The fraction of sp³-hybridized carbons (Fsp3) is 0.714. The molecule has 1 aromatic carbocycles. The quantitative estimate of drug-likeness (QED) is 0.159. The van der Waals surface area contributed by atoms with Crippen molar-refractivity contribution in [2.75, 3.05) is 13.2 Å². The number of nitrogens with zero attached hydrogens (tertiary/aromatic N) is 3. The van der Waals surface area contributed by atoms with Gasteiger partial charge in [0.2, 0.25) is 0 Å². The molecular formula is C28H44F3N5O3SSi. The highest BCUT2D eigenvalue weighted by molar-refractivity contribution is 7.90. The van der Waals surface area contributed by atoms with Gasteiger partial charge in [-0.3, -0.25) is 0 Å². The van der Waals surface area contributed by atoms with Crippen molar-refractivity contribution in [1.29, 1.82) is 5.26 Å². The Hall–Kier alpha value is -1.66. The first-order chi connectivity index (χ1) is 18.7. The van der Waals surface area contributed by atoms with Crippen LogP contribution in [0.3, 0.4) is 0 Å². The van der Waals surface area contributed by atoms with Gasteiger partial charge in [-0.05, 0) is 71.2 Å². The average Bonchev–Trinajstić information content (AvgIpc) is 3.57. The number of aromatic nitrogens is 2. The number of fused-ring (bicyclic) bond motifs is 1. The van der Waals surface area contributed by atoms with E-state index in [1.54, 1.807) is 25.3 Å². The molecule has 1 fully saturated rings. The largest absolute Gasteiger partial charge is 0.598 e. The lowest BCUT2D eigenvalue weighted by Crippen LogP contribution is -2.47. The summed E-state index contributed by atoms with van der Waals surface area (Å²) >= 11 is -1.64. The van der Waals surface area contributed by atoms with Gasteiger partial charge < -0.3 is 24.3 Å². The van der Waals surface area contributed by atoms with Gasteiger partial charge in [0.1, 0.15) is 23.3 Å². The van der Waals surface area contributed by atoms with Gasteiger partial charge in [-0.15, -0.1) is 4.72 Å². The van der Waals surface area contributed by atoms with Crippen molar-refractivity contribution in [3.05, 3.63) is 29.6 Å². The molecule has 0 amide bonds. The zero-order valence-electron chi connectivity index (χ0n) is 25.3. The van der Waals surface area contributed by atoms with Crippen molar-refractivity contribution in [2.24, 2.45) is 11.1 Å². The molecule has 3 N–H and O–H groups in total. The maximum atomic E-state index is 13.7. The molecule has 1 aromatic heterocycles.